The number of esters is 1. The molecule has 0 spiro atoms. The number of anilines is 1. The molecule has 5 nitrogen and oxygen atoms in total. The maximum absolute atomic E-state index is 11.8. The highest BCUT2D eigenvalue weighted by Crippen LogP contribution is 2.33. The summed E-state index contributed by atoms with van der Waals surface area (Å²) in [7, 11) is 1.31. The molecule has 2 rings (SSSR count). The van der Waals surface area contributed by atoms with E-state index in [0.717, 1.165) is 0 Å². The Morgan fingerprint density at radius 1 is 1.14 bits per heavy atom. The number of carbonyl (C=O) groups is 1. The van der Waals surface area contributed by atoms with Gasteiger partial charge in [-0.25, -0.2) is 4.79 Å². The lowest BCUT2D eigenvalue weighted by molar-refractivity contribution is 0.0598. The second kappa shape index (κ2) is 6.65. The Bertz CT molecular complexity index is 640. The third kappa shape index (κ3) is 3.45. The first-order chi connectivity index (χ1) is 10.2. The molecular weight excluding hydrogens is 270 g/mol. The van der Waals surface area contributed by atoms with Crippen LogP contribution >= 0.6 is 0 Å². The minimum atomic E-state index is -0.502. The first kappa shape index (κ1) is 14.7. The molecule has 0 aromatic heterocycles. The van der Waals surface area contributed by atoms with E-state index in [4.69, 9.17) is 19.9 Å². The Hall–Kier alpha value is -2.69. The van der Waals surface area contributed by atoms with Crippen LogP contribution in [0.25, 0.3) is 0 Å². The predicted molar refractivity (Wildman–Crippen MR) is 79.9 cm³/mol. The summed E-state index contributed by atoms with van der Waals surface area (Å²) in [5.41, 5.74) is 6.53. The van der Waals surface area contributed by atoms with Crippen LogP contribution < -0.4 is 15.2 Å². The van der Waals surface area contributed by atoms with Gasteiger partial charge in [-0.2, -0.15) is 0 Å². The standard InChI is InChI=1S/C16H17NO4/c1-3-20-11-6-4-7-12(10-11)21-15-13(16(18)19-2)8-5-9-14(15)17/h4-10H,3,17H2,1-2H3. The first-order valence-corrected chi connectivity index (χ1v) is 6.53. The van der Waals surface area contributed by atoms with Gasteiger partial charge in [0, 0.05) is 6.07 Å². The smallest absolute Gasteiger partial charge is 0.341 e. The van der Waals surface area contributed by atoms with E-state index in [0.29, 0.717) is 23.8 Å². The molecule has 0 bridgehead atoms. The fourth-order valence-corrected chi connectivity index (χ4v) is 1.85. The van der Waals surface area contributed by atoms with Crippen LogP contribution in [0.1, 0.15) is 17.3 Å². The molecule has 0 heterocycles. The number of methoxy groups -OCH3 is 1. The van der Waals surface area contributed by atoms with Crippen molar-refractivity contribution in [1.29, 1.82) is 0 Å². The number of para-hydroxylation sites is 1. The van der Waals surface area contributed by atoms with Gasteiger partial charge in [-0.15, -0.1) is 0 Å². The average Bonchev–Trinajstić information content (AvgIpc) is 2.49. The zero-order chi connectivity index (χ0) is 15.2. The number of ether oxygens (including phenoxy) is 3. The first-order valence-electron chi connectivity index (χ1n) is 6.53. The van der Waals surface area contributed by atoms with Gasteiger partial charge >= 0.3 is 5.97 Å². The Morgan fingerprint density at radius 2 is 1.86 bits per heavy atom. The summed E-state index contributed by atoms with van der Waals surface area (Å²) in [5.74, 6) is 0.990. The van der Waals surface area contributed by atoms with Gasteiger partial charge in [0.15, 0.2) is 5.75 Å². The highest BCUT2D eigenvalue weighted by Gasteiger charge is 2.16. The molecule has 2 aromatic carbocycles. The fourth-order valence-electron chi connectivity index (χ4n) is 1.85. The van der Waals surface area contributed by atoms with E-state index in [1.54, 1.807) is 36.4 Å². The molecule has 0 aliphatic carbocycles. The zero-order valence-electron chi connectivity index (χ0n) is 12.0. The van der Waals surface area contributed by atoms with Crippen LogP contribution in [0.15, 0.2) is 42.5 Å². The second-order valence-corrected chi connectivity index (χ2v) is 4.23. The lowest BCUT2D eigenvalue weighted by atomic mass is 10.1. The van der Waals surface area contributed by atoms with Crippen molar-refractivity contribution in [2.45, 2.75) is 6.92 Å². The highest BCUT2D eigenvalue weighted by molar-refractivity contribution is 5.94. The number of hydrogen-bond acceptors (Lipinski definition) is 5. The van der Waals surface area contributed by atoms with Crippen LogP contribution in [-0.2, 0) is 4.74 Å². The molecule has 110 valence electrons. The monoisotopic (exact) mass is 287 g/mol. The molecule has 21 heavy (non-hydrogen) atoms. The largest absolute Gasteiger partial charge is 0.494 e. The highest BCUT2D eigenvalue weighted by atomic mass is 16.5. The Labute approximate surface area is 123 Å². The molecule has 0 fully saturated rings. The number of nitrogens with two attached hydrogens (primary N) is 1. The van der Waals surface area contributed by atoms with Crippen LogP contribution in [0.3, 0.4) is 0 Å². The lowest BCUT2D eigenvalue weighted by Gasteiger charge is -2.13. The van der Waals surface area contributed by atoms with Gasteiger partial charge in [0.25, 0.3) is 0 Å². The third-order valence-corrected chi connectivity index (χ3v) is 2.79. The molecule has 0 amide bonds. The Kier molecular flexibility index (Phi) is 4.66. The van der Waals surface area contributed by atoms with Crippen molar-refractivity contribution in [3.05, 3.63) is 48.0 Å². The normalized spacial score (nSPS) is 10.0. The fraction of sp³-hybridized carbons (Fsp3) is 0.188. The summed E-state index contributed by atoms with van der Waals surface area (Å²) in [6, 6.07) is 12.1. The molecule has 5 heteroatoms. The van der Waals surface area contributed by atoms with Crippen molar-refractivity contribution < 1.29 is 19.0 Å². The molecule has 0 radical (unpaired) electrons. The molecule has 2 aromatic rings. The van der Waals surface area contributed by atoms with Crippen molar-refractivity contribution in [2.75, 3.05) is 19.5 Å². The van der Waals surface area contributed by atoms with Gasteiger partial charge in [-0.3, -0.25) is 0 Å². The van der Waals surface area contributed by atoms with Gasteiger partial charge in [0.2, 0.25) is 0 Å². The Balaban J connectivity index is 2.35. The van der Waals surface area contributed by atoms with Crippen molar-refractivity contribution >= 4 is 11.7 Å². The minimum Gasteiger partial charge on any atom is -0.494 e. The number of benzene rings is 2. The zero-order valence-corrected chi connectivity index (χ0v) is 12.0. The number of rotatable bonds is 5. The van der Waals surface area contributed by atoms with E-state index in [-0.39, 0.29) is 11.3 Å². The van der Waals surface area contributed by atoms with Crippen molar-refractivity contribution in [3.8, 4) is 17.2 Å². The molecule has 2 N–H and O–H groups in total. The summed E-state index contributed by atoms with van der Waals surface area (Å²) < 4.78 is 15.9. The lowest BCUT2D eigenvalue weighted by Crippen LogP contribution is -2.05. The SMILES string of the molecule is CCOc1cccc(Oc2c(N)cccc2C(=O)OC)c1. The van der Waals surface area contributed by atoms with Crippen LogP contribution in [-0.4, -0.2) is 19.7 Å². The topological polar surface area (TPSA) is 70.8 Å². The van der Waals surface area contributed by atoms with Gasteiger partial charge in [0.1, 0.15) is 17.1 Å². The summed E-state index contributed by atoms with van der Waals surface area (Å²) in [4.78, 5) is 11.8. The van der Waals surface area contributed by atoms with Gasteiger partial charge in [-0.05, 0) is 31.2 Å². The van der Waals surface area contributed by atoms with Gasteiger partial charge < -0.3 is 19.9 Å². The summed E-state index contributed by atoms with van der Waals surface area (Å²) >= 11 is 0. The van der Waals surface area contributed by atoms with E-state index >= 15 is 0 Å². The number of nitrogen functional groups attached to an aromatic ring is 1. The maximum Gasteiger partial charge on any atom is 0.341 e. The van der Waals surface area contributed by atoms with E-state index in [1.807, 2.05) is 13.0 Å². The predicted octanol–water partition coefficient (Wildman–Crippen LogP) is 3.25. The molecule has 0 unspecified atom stereocenters. The van der Waals surface area contributed by atoms with Crippen LogP contribution in [0.5, 0.6) is 17.2 Å². The van der Waals surface area contributed by atoms with Crippen molar-refractivity contribution in [2.24, 2.45) is 0 Å². The summed E-state index contributed by atoms with van der Waals surface area (Å²) in [6.07, 6.45) is 0. The summed E-state index contributed by atoms with van der Waals surface area (Å²) in [5, 5.41) is 0. The van der Waals surface area contributed by atoms with Gasteiger partial charge in [0.05, 0.1) is 19.4 Å². The van der Waals surface area contributed by atoms with Crippen LogP contribution in [0.2, 0.25) is 0 Å². The summed E-state index contributed by atoms with van der Waals surface area (Å²) in [6.45, 7) is 2.46. The second-order valence-electron chi connectivity index (χ2n) is 4.23. The molecule has 0 aliphatic rings. The number of carbonyl (C=O) groups excluding carboxylic acids is 1. The van der Waals surface area contributed by atoms with Crippen LogP contribution in [0, 0.1) is 0 Å². The van der Waals surface area contributed by atoms with E-state index in [9.17, 15) is 4.79 Å². The van der Waals surface area contributed by atoms with Gasteiger partial charge in [-0.1, -0.05) is 12.1 Å². The maximum atomic E-state index is 11.8. The Morgan fingerprint density at radius 3 is 2.57 bits per heavy atom. The third-order valence-electron chi connectivity index (χ3n) is 2.79. The van der Waals surface area contributed by atoms with E-state index < -0.39 is 5.97 Å². The molecule has 0 aliphatic heterocycles. The average molecular weight is 287 g/mol. The van der Waals surface area contributed by atoms with Crippen molar-refractivity contribution in [1.82, 2.24) is 0 Å². The quantitative estimate of drug-likeness (QED) is 0.675. The van der Waals surface area contributed by atoms with E-state index in [2.05, 4.69) is 0 Å². The molecular formula is C16H17NO4. The minimum absolute atomic E-state index is 0.276. The van der Waals surface area contributed by atoms with Crippen LogP contribution in [0.4, 0.5) is 5.69 Å². The van der Waals surface area contributed by atoms with E-state index in [1.165, 1.54) is 7.11 Å². The molecule has 0 atom stereocenters. The number of hydrogen-bond donors (Lipinski definition) is 1. The molecule has 0 saturated heterocycles. The van der Waals surface area contributed by atoms with Crippen molar-refractivity contribution in [3.63, 3.8) is 0 Å². The molecule has 0 saturated carbocycles.